The molecular weight excluding hydrogens is 440 g/mol. The topological polar surface area (TPSA) is 94.7 Å². The van der Waals surface area contributed by atoms with Gasteiger partial charge in [-0.15, -0.1) is 0 Å². The molecule has 0 unspecified atom stereocenters. The zero-order valence-corrected chi connectivity index (χ0v) is 19.2. The molecule has 172 valence electrons. The van der Waals surface area contributed by atoms with Gasteiger partial charge in [-0.25, -0.2) is 4.68 Å². The number of aryl methyl sites for hydroxylation is 2. The number of fused-ring (bicyclic) bond motifs is 1. The summed E-state index contributed by atoms with van der Waals surface area (Å²) in [5, 5.41) is 12.3. The minimum absolute atomic E-state index is 0.155. The van der Waals surface area contributed by atoms with Crippen LogP contribution < -0.4 is 5.32 Å². The number of anilines is 1. The highest BCUT2D eigenvalue weighted by Gasteiger charge is 2.15. The van der Waals surface area contributed by atoms with Crippen LogP contribution in [0.15, 0.2) is 79.1 Å². The third-order valence-electron chi connectivity index (χ3n) is 5.66. The SMILES string of the molecule is Cc1cc(C(=O)Nc2cccc(C(=O)c3ccc4cnn(C=Cc5ccccn5)c4c3)c2)nn1C. The third kappa shape index (κ3) is 4.63. The van der Waals surface area contributed by atoms with Crippen LogP contribution in [0.1, 0.15) is 37.8 Å². The van der Waals surface area contributed by atoms with E-state index in [0.717, 1.165) is 22.3 Å². The Kier molecular flexibility index (Phi) is 5.76. The summed E-state index contributed by atoms with van der Waals surface area (Å²) in [4.78, 5) is 30.1. The number of pyridine rings is 1. The first kappa shape index (κ1) is 22.0. The number of nitrogens with zero attached hydrogens (tertiary/aromatic N) is 5. The maximum atomic E-state index is 13.3. The summed E-state index contributed by atoms with van der Waals surface area (Å²) in [6, 6.07) is 19.7. The first-order chi connectivity index (χ1) is 17.0. The standard InChI is InChI=1S/C27H22N6O2/c1-18-14-24(31-32(18)2)27(35)30-23-8-5-6-19(15-23)26(34)20-9-10-21-17-29-33(25(21)16-20)13-11-22-7-3-4-12-28-22/h3-17H,1-2H3,(H,30,35). The molecule has 8 heteroatoms. The van der Waals surface area contributed by atoms with Crippen molar-refractivity contribution >= 4 is 40.6 Å². The van der Waals surface area contributed by atoms with E-state index in [1.807, 2.05) is 49.5 Å². The molecule has 8 nitrogen and oxygen atoms in total. The van der Waals surface area contributed by atoms with E-state index in [-0.39, 0.29) is 11.7 Å². The van der Waals surface area contributed by atoms with Crippen LogP contribution in [-0.2, 0) is 7.05 Å². The summed E-state index contributed by atoms with van der Waals surface area (Å²) in [5.74, 6) is -0.485. The molecular formula is C27H22N6O2. The molecule has 0 spiro atoms. The number of benzene rings is 2. The third-order valence-corrected chi connectivity index (χ3v) is 5.66. The predicted octanol–water partition coefficient (Wildman–Crippen LogP) is 4.58. The molecule has 5 rings (SSSR count). The van der Waals surface area contributed by atoms with Crippen LogP contribution in [0, 0.1) is 6.92 Å². The Hall–Kier alpha value is -4.85. The summed E-state index contributed by atoms with van der Waals surface area (Å²) < 4.78 is 3.35. The minimum atomic E-state index is -0.330. The van der Waals surface area contributed by atoms with Crippen LogP contribution in [0.4, 0.5) is 5.69 Å². The van der Waals surface area contributed by atoms with Gasteiger partial charge in [0, 0.05) is 47.3 Å². The fraction of sp³-hybridized carbons (Fsp3) is 0.0741. The number of amides is 1. The molecule has 3 aromatic heterocycles. The number of carbonyl (C=O) groups excluding carboxylic acids is 2. The summed E-state index contributed by atoms with van der Waals surface area (Å²) in [5.41, 5.74) is 4.32. The van der Waals surface area contributed by atoms with E-state index in [9.17, 15) is 9.59 Å². The summed E-state index contributed by atoms with van der Waals surface area (Å²) in [6.45, 7) is 1.88. The monoisotopic (exact) mass is 462 g/mol. The lowest BCUT2D eigenvalue weighted by molar-refractivity contribution is 0.101. The number of rotatable bonds is 6. The fourth-order valence-electron chi connectivity index (χ4n) is 3.69. The Bertz CT molecular complexity index is 1560. The molecule has 0 aliphatic heterocycles. The smallest absolute Gasteiger partial charge is 0.276 e. The Morgan fingerprint density at radius 3 is 2.60 bits per heavy atom. The molecule has 5 aromatic rings. The molecule has 0 aliphatic carbocycles. The average molecular weight is 463 g/mol. The maximum absolute atomic E-state index is 13.3. The second kappa shape index (κ2) is 9.18. The summed E-state index contributed by atoms with van der Waals surface area (Å²) >= 11 is 0. The number of hydrogen-bond acceptors (Lipinski definition) is 5. The molecule has 0 saturated heterocycles. The molecule has 2 aromatic carbocycles. The Balaban J connectivity index is 1.39. The van der Waals surface area contributed by atoms with E-state index < -0.39 is 0 Å². The molecule has 0 atom stereocenters. The Labute approximate surface area is 201 Å². The molecule has 0 radical (unpaired) electrons. The fourth-order valence-corrected chi connectivity index (χ4v) is 3.69. The summed E-state index contributed by atoms with van der Waals surface area (Å²) in [7, 11) is 1.78. The zero-order valence-electron chi connectivity index (χ0n) is 19.2. The van der Waals surface area contributed by atoms with Crippen LogP contribution in [0.25, 0.3) is 23.2 Å². The number of nitrogens with one attached hydrogen (secondary N) is 1. The van der Waals surface area contributed by atoms with Crippen LogP contribution in [0.2, 0.25) is 0 Å². The van der Waals surface area contributed by atoms with Crippen LogP contribution in [0.5, 0.6) is 0 Å². The van der Waals surface area contributed by atoms with E-state index >= 15 is 0 Å². The van der Waals surface area contributed by atoms with Crippen molar-refractivity contribution in [3.63, 3.8) is 0 Å². The van der Waals surface area contributed by atoms with Crippen LogP contribution >= 0.6 is 0 Å². The van der Waals surface area contributed by atoms with E-state index in [2.05, 4.69) is 20.5 Å². The zero-order chi connectivity index (χ0) is 24.4. The van der Waals surface area contributed by atoms with Gasteiger partial charge in [0.05, 0.1) is 17.4 Å². The van der Waals surface area contributed by atoms with E-state index in [1.54, 1.807) is 65.2 Å². The molecule has 0 fully saturated rings. The van der Waals surface area contributed by atoms with Crippen LogP contribution in [0.3, 0.4) is 0 Å². The second-order valence-electron chi connectivity index (χ2n) is 8.09. The van der Waals surface area contributed by atoms with Crippen molar-refractivity contribution in [1.29, 1.82) is 0 Å². The maximum Gasteiger partial charge on any atom is 0.276 e. The highest BCUT2D eigenvalue weighted by atomic mass is 16.2. The first-order valence-electron chi connectivity index (χ1n) is 11.0. The quantitative estimate of drug-likeness (QED) is 0.373. The van der Waals surface area contributed by atoms with Gasteiger partial charge in [0.1, 0.15) is 0 Å². The molecule has 35 heavy (non-hydrogen) atoms. The van der Waals surface area contributed by atoms with E-state index in [4.69, 9.17) is 0 Å². The van der Waals surface area contributed by atoms with Gasteiger partial charge < -0.3 is 5.32 Å². The highest BCUT2D eigenvalue weighted by Crippen LogP contribution is 2.21. The summed E-state index contributed by atoms with van der Waals surface area (Å²) in [6.07, 6.45) is 7.15. The normalized spacial score (nSPS) is 11.3. The number of ketones is 1. The molecule has 1 N–H and O–H groups in total. The van der Waals surface area contributed by atoms with Crippen molar-refractivity contribution in [3.8, 4) is 0 Å². The first-order valence-corrected chi connectivity index (χ1v) is 11.0. The number of carbonyl (C=O) groups is 2. The Morgan fingerprint density at radius 2 is 1.83 bits per heavy atom. The molecule has 0 bridgehead atoms. The van der Waals surface area contributed by atoms with Crippen LogP contribution in [-0.4, -0.2) is 36.2 Å². The molecule has 0 saturated carbocycles. The van der Waals surface area contributed by atoms with Crippen molar-refractivity contribution < 1.29 is 9.59 Å². The second-order valence-corrected chi connectivity index (χ2v) is 8.09. The van der Waals surface area contributed by atoms with Crippen molar-refractivity contribution in [1.82, 2.24) is 24.5 Å². The van der Waals surface area contributed by atoms with Gasteiger partial charge in [0.2, 0.25) is 0 Å². The van der Waals surface area contributed by atoms with Gasteiger partial charge in [-0.05, 0) is 49.4 Å². The molecule has 3 heterocycles. The van der Waals surface area contributed by atoms with Crippen molar-refractivity contribution in [2.24, 2.45) is 7.05 Å². The lowest BCUT2D eigenvalue weighted by Gasteiger charge is -2.07. The van der Waals surface area contributed by atoms with Crippen molar-refractivity contribution in [3.05, 3.63) is 107 Å². The molecule has 1 amide bonds. The highest BCUT2D eigenvalue weighted by molar-refractivity contribution is 6.11. The lowest BCUT2D eigenvalue weighted by atomic mass is 10.0. The van der Waals surface area contributed by atoms with Crippen molar-refractivity contribution in [2.45, 2.75) is 6.92 Å². The van der Waals surface area contributed by atoms with Gasteiger partial charge in [-0.3, -0.25) is 19.3 Å². The number of hydrogen-bond donors (Lipinski definition) is 1. The minimum Gasteiger partial charge on any atom is -0.321 e. The van der Waals surface area contributed by atoms with E-state index in [1.165, 1.54) is 0 Å². The average Bonchev–Trinajstić information content (AvgIpc) is 3.45. The van der Waals surface area contributed by atoms with Gasteiger partial charge in [0.25, 0.3) is 5.91 Å². The van der Waals surface area contributed by atoms with Gasteiger partial charge in [-0.1, -0.05) is 30.3 Å². The Morgan fingerprint density at radius 1 is 0.971 bits per heavy atom. The lowest BCUT2D eigenvalue weighted by Crippen LogP contribution is -2.13. The van der Waals surface area contributed by atoms with Gasteiger partial charge in [0.15, 0.2) is 11.5 Å². The molecule has 0 aliphatic rings. The van der Waals surface area contributed by atoms with E-state index in [0.29, 0.717) is 22.5 Å². The number of aromatic nitrogens is 5. The predicted molar refractivity (Wildman–Crippen MR) is 135 cm³/mol. The largest absolute Gasteiger partial charge is 0.321 e. The van der Waals surface area contributed by atoms with Gasteiger partial charge in [-0.2, -0.15) is 10.2 Å². The van der Waals surface area contributed by atoms with Crippen molar-refractivity contribution in [2.75, 3.05) is 5.32 Å². The van der Waals surface area contributed by atoms with Gasteiger partial charge >= 0.3 is 0 Å².